The van der Waals surface area contributed by atoms with Crippen LogP contribution in [-0.4, -0.2) is 24.1 Å². The number of hydrogen-bond donors (Lipinski definition) is 0. The molecule has 3 heterocycles. The zero-order chi connectivity index (χ0) is 49.2. The van der Waals surface area contributed by atoms with Gasteiger partial charge in [-0.15, -0.1) is 0 Å². The average Bonchev–Trinajstić information content (AvgIpc) is 4.16. The predicted octanol–water partition coefficient (Wildman–Crippen LogP) is 17.2. The fraction of sp³-hybridized carbons (Fsp3) is 0.0143. The largest absolute Gasteiger partial charge is 0.309 e. The first kappa shape index (κ1) is 41.6. The smallest absolute Gasteiger partial charge is 0.238 e. The van der Waals surface area contributed by atoms with Gasteiger partial charge in [0.2, 0.25) is 5.95 Å². The Hall–Kier alpha value is -9.97. The van der Waals surface area contributed by atoms with Gasteiger partial charge in [-0.3, -0.25) is 4.57 Å². The van der Waals surface area contributed by atoms with Crippen molar-refractivity contribution in [3.05, 3.63) is 283 Å². The van der Waals surface area contributed by atoms with Crippen molar-refractivity contribution < 1.29 is 0 Å². The van der Waals surface area contributed by atoms with Crippen molar-refractivity contribution in [3.63, 3.8) is 0 Å². The molecule has 5 heteroatoms. The Morgan fingerprint density at radius 3 is 1.37 bits per heavy atom. The molecule has 348 valence electrons. The zero-order valence-electron chi connectivity index (χ0n) is 40.6. The van der Waals surface area contributed by atoms with Gasteiger partial charge >= 0.3 is 0 Å². The SMILES string of the molecule is c1ccc(-c2nc(-c3ccc4c(c3)C(c3ccccc3)(c3ccccc3)c3ccccc3-4)nc(-n3c4ccccc4c4c5c6ccccc6n(-c6ccc7c8ccccc8c8ccccc8c7c6)c5ccc43)n2)cc1. The molecule has 0 bridgehead atoms. The van der Waals surface area contributed by atoms with Gasteiger partial charge in [0, 0.05) is 38.4 Å². The number of rotatable bonds is 6. The molecule has 15 aromatic rings. The minimum Gasteiger partial charge on any atom is -0.309 e. The highest BCUT2D eigenvalue weighted by Crippen LogP contribution is 2.57. The third-order valence-corrected chi connectivity index (χ3v) is 16.0. The number of hydrogen-bond acceptors (Lipinski definition) is 3. The van der Waals surface area contributed by atoms with Gasteiger partial charge in [0.1, 0.15) is 0 Å². The minimum atomic E-state index is -0.574. The quantitative estimate of drug-likeness (QED) is 0.156. The van der Waals surface area contributed by atoms with Crippen molar-refractivity contribution >= 4 is 75.9 Å². The van der Waals surface area contributed by atoms with Crippen molar-refractivity contribution in [3.8, 4) is 45.5 Å². The molecule has 1 aliphatic carbocycles. The molecule has 0 fully saturated rings. The molecule has 0 radical (unpaired) electrons. The number of para-hydroxylation sites is 2. The lowest BCUT2D eigenvalue weighted by molar-refractivity contribution is 0.768. The van der Waals surface area contributed by atoms with Gasteiger partial charge in [0.05, 0.1) is 27.5 Å². The molecule has 0 N–H and O–H groups in total. The Balaban J connectivity index is 0.943. The molecular formula is C70H43N5. The van der Waals surface area contributed by atoms with Crippen LogP contribution in [0.5, 0.6) is 0 Å². The zero-order valence-corrected chi connectivity index (χ0v) is 40.6. The molecule has 0 amide bonds. The molecule has 3 aromatic heterocycles. The van der Waals surface area contributed by atoms with Crippen LogP contribution in [0.2, 0.25) is 0 Å². The highest BCUT2D eigenvalue weighted by atomic mass is 15.2. The van der Waals surface area contributed by atoms with Crippen LogP contribution in [0.1, 0.15) is 22.3 Å². The molecule has 0 spiro atoms. The lowest BCUT2D eigenvalue weighted by atomic mass is 9.67. The van der Waals surface area contributed by atoms with Crippen molar-refractivity contribution in [2.24, 2.45) is 0 Å². The Morgan fingerprint density at radius 2 is 0.747 bits per heavy atom. The third-order valence-electron chi connectivity index (χ3n) is 16.0. The summed E-state index contributed by atoms with van der Waals surface area (Å²) in [6, 6.07) is 94.6. The first-order valence-corrected chi connectivity index (χ1v) is 25.7. The summed E-state index contributed by atoms with van der Waals surface area (Å²) in [5.41, 5.74) is 14.0. The summed E-state index contributed by atoms with van der Waals surface area (Å²) in [5, 5.41) is 12.2. The van der Waals surface area contributed by atoms with Gasteiger partial charge < -0.3 is 4.57 Å². The van der Waals surface area contributed by atoms with Gasteiger partial charge in [-0.05, 0) is 108 Å². The van der Waals surface area contributed by atoms with E-state index in [-0.39, 0.29) is 0 Å². The summed E-state index contributed by atoms with van der Waals surface area (Å²) in [7, 11) is 0. The molecule has 1 aliphatic rings. The van der Waals surface area contributed by atoms with E-state index in [1.807, 2.05) is 18.2 Å². The van der Waals surface area contributed by atoms with Crippen LogP contribution in [0.25, 0.3) is 121 Å². The number of aromatic nitrogens is 5. The number of fused-ring (bicyclic) bond motifs is 16. The van der Waals surface area contributed by atoms with E-state index in [4.69, 9.17) is 15.0 Å². The Morgan fingerprint density at radius 1 is 0.280 bits per heavy atom. The maximum absolute atomic E-state index is 5.55. The van der Waals surface area contributed by atoms with E-state index in [1.165, 1.54) is 76.5 Å². The summed E-state index contributed by atoms with van der Waals surface area (Å²) in [5.74, 6) is 1.77. The lowest BCUT2D eigenvalue weighted by Gasteiger charge is -2.34. The van der Waals surface area contributed by atoms with Crippen LogP contribution in [0.15, 0.2) is 261 Å². The molecule has 0 unspecified atom stereocenters. The van der Waals surface area contributed by atoms with Crippen LogP contribution >= 0.6 is 0 Å². The molecule has 5 nitrogen and oxygen atoms in total. The first-order chi connectivity index (χ1) is 37.2. The first-order valence-electron chi connectivity index (χ1n) is 25.7. The summed E-state index contributed by atoms with van der Waals surface area (Å²) in [6.07, 6.45) is 0. The summed E-state index contributed by atoms with van der Waals surface area (Å²) in [4.78, 5) is 16.3. The standard InChI is InChI=1S/C70H43N5/c1-4-20-44(21-5-1)67-71-68(45-36-38-55-54-30-14-17-33-59(54)70(60(55)42-45,46-22-6-2-7-23-46)47-24-8-3-9-25-47)73-69(72-67)75-62-35-19-16-32-57(62)66-64(75)41-40-63-65(66)56-31-15-18-34-61(56)74(63)48-37-39-53-51-28-11-10-26-49(51)50-27-12-13-29-52(50)58(53)43-48/h1-43H. The second kappa shape index (κ2) is 16.0. The van der Waals surface area contributed by atoms with Gasteiger partial charge in [-0.25, -0.2) is 4.98 Å². The maximum atomic E-state index is 5.55. The van der Waals surface area contributed by atoms with E-state index in [2.05, 4.69) is 252 Å². The van der Waals surface area contributed by atoms with Crippen molar-refractivity contribution in [1.29, 1.82) is 0 Å². The molecule has 16 rings (SSSR count). The van der Waals surface area contributed by atoms with E-state index >= 15 is 0 Å². The molecule has 0 aliphatic heterocycles. The minimum absolute atomic E-state index is 0.558. The highest BCUT2D eigenvalue weighted by Gasteiger charge is 2.46. The lowest BCUT2D eigenvalue weighted by Crippen LogP contribution is -2.28. The van der Waals surface area contributed by atoms with E-state index in [1.54, 1.807) is 0 Å². The van der Waals surface area contributed by atoms with E-state index in [9.17, 15) is 0 Å². The summed E-state index contributed by atoms with van der Waals surface area (Å²) >= 11 is 0. The molecular weight excluding hydrogens is 911 g/mol. The second-order valence-corrected chi connectivity index (χ2v) is 19.8. The fourth-order valence-electron chi connectivity index (χ4n) is 12.9. The van der Waals surface area contributed by atoms with Gasteiger partial charge in [0.15, 0.2) is 11.6 Å². The third kappa shape index (κ3) is 5.92. The maximum Gasteiger partial charge on any atom is 0.238 e. The van der Waals surface area contributed by atoms with Crippen LogP contribution in [0, 0.1) is 0 Å². The summed E-state index contributed by atoms with van der Waals surface area (Å²) < 4.78 is 4.70. The highest BCUT2D eigenvalue weighted by molar-refractivity contribution is 6.29. The Kier molecular flexibility index (Phi) is 8.89. The van der Waals surface area contributed by atoms with Crippen LogP contribution in [-0.2, 0) is 5.41 Å². The van der Waals surface area contributed by atoms with Crippen molar-refractivity contribution in [2.45, 2.75) is 5.41 Å². The van der Waals surface area contributed by atoms with E-state index in [0.29, 0.717) is 17.6 Å². The van der Waals surface area contributed by atoms with Crippen molar-refractivity contribution in [1.82, 2.24) is 24.1 Å². The second-order valence-electron chi connectivity index (χ2n) is 19.8. The molecule has 0 atom stereocenters. The monoisotopic (exact) mass is 953 g/mol. The number of benzene rings is 12. The Labute approximate surface area is 431 Å². The molecule has 75 heavy (non-hydrogen) atoms. The van der Waals surface area contributed by atoms with E-state index in [0.717, 1.165) is 49.7 Å². The normalized spacial score (nSPS) is 12.9. The van der Waals surface area contributed by atoms with E-state index < -0.39 is 5.41 Å². The van der Waals surface area contributed by atoms with Crippen molar-refractivity contribution in [2.75, 3.05) is 0 Å². The number of nitrogens with zero attached hydrogens (tertiary/aromatic N) is 5. The topological polar surface area (TPSA) is 48.5 Å². The van der Waals surface area contributed by atoms with Crippen LogP contribution < -0.4 is 0 Å². The Bertz CT molecular complexity index is 4750. The predicted molar refractivity (Wildman–Crippen MR) is 309 cm³/mol. The molecule has 12 aromatic carbocycles. The van der Waals surface area contributed by atoms with Gasteiger partial charge in [-0.1, -0.05) is 218 Å². The summed E-state index contributed by atoms with van der Waals surface area (Å²) in [6.45, 7) is 0. The molecule has 0 saturated carbocycles. The van der Waals surface area contributed by atoms with Gasteiger partial charge in [-0.2, -0.15) is 9.97 Å². The van der Waals surface area contributed by atoms with Crippen LogP contribution in [0.4, 0.5) is 0 Å². The van der Waals surface area contributed by atoms with Gasteiger partial charge in [0.25, 0.3) is 0 Å². The molecule has 0 saturated heterocycles. The van der Waals surface area contributed by atoms with Crippen LogP contribution in [0.3, 0.4) is 0 Å². The average molecular weight is 954 g/mol. The fourth-order valence-corrected chi connectivity index (χ4v) is 12.9.